The molecule has 0 aliphatic heterocycles. The Balaban J connectivity index is 2.62. The number of phenolic OH excluding ortho intramolecular Hbond substituents is 2. The molecule has 4 heteroatoms. The normalized spacial score (nSPS) is 14.7. The fourth-order valence-electron chi connectivity index (χ4n) is 1.45. The minimum Gasteiger partial charge on any atom is -0.508 e. The van der Waals surface area contributed by atoms with E-state index < -0.39 is 0 Å². The van der Waals surface area contributed by atoms with E-state index in [0.29, 0.717) is 6.54 Å². The van der Waals surface area contributed by atoms with Crippen LogP contribution in [0.2, 0.25) is 0 Å². The molecule has 0 heterocycles. The lowest BCUT2D eigenvalue weighted by molar-refractivity contribution is 0.230. The molecule has 2 atom stereocenters. The van der Waals surface area contributed by atoms with E-state index in [1.165, 1.54) is 6.07 Å². The Kier molecular flexibility index (Phi) is 4.58. The van der Waals surface area contributed by atoms with Crippen LogP contribution in [0.1, 0.15) is 25.5 Å². The van der Waals surface area contributed by atoms with Gasteiger partial charge in [0.15, 0.2) is 0 Å². The van der Waals surface area contributed by atoms with E-state index in [-0.39, 0.29) is 30.1 Å². The molecule has 1 rings (SSSR count). The number of aliphatic hydroxyl groups is 1. The van der Waals surface area contributed by atoms with E-state index in [2.05, 4.69) is 5.32 Å². The Morgan fingerprint density at radius 1 is 1.25 bits per heavy atom. The number of phenols is 2. The first kappa shape index (κ1) is 12.8. The molecule has 4 N–H and O–H groups in total. The summed E-state index contributed by atoms with van der Waals surface area (Å²) >= 11 is 0. The predicted octanol–water partition coefficient (Wildman–Crippen LogP) is 1.38. The van der Waals surface area contributed by atoms with Gasteiger partial charge in [0.05, 0.1) is 0 Å². The average molecular weight is 225 g/mol. The number of nitrogens with one attached hydrogen (secondary N) is 1. The summed E-state index contributed by atoms with van der Waals surface area (Å²) < 4.78 is 0. The molecule has 0 saturated carbocycles. The maximum atomic E-state index is 9.63. The van der Waals surface area contributed by atoms with Crippen LogP contribution in [0.3, 0.4) is 0 Å². The average Bonchev–Trinajstić information content (AvgIpc) is 2.25. The van der Waals surface area contributed by atoms with Crippen LogP contribution in [0, 0.1) is 5.92 Å². The smallest absolute Gasteiger partial charge is 0.124 e. The highest BCUT2D eigenvalue weighted by Gasteiger charge is 2.11. The van der Waals surface area contributed by atoms with Crippen LogP contribution < -0.4 is 5.32 Å². The molecule has 0 bridgehead atoms. The Morgan fingerprint density at radius 3 is 2.50 bits per heavy atom. The second-order valence-electron chi connectivity index (χ2n) is 4.16. The third kappa shape index (κ3) is 3.40. The first-order valence-electron chi connectivity index (χ1n) is 5.40. The molecule has 4 nitrogen and oxygen atoms in total. The number of hydrogen-bond acceptors (Lipinski definition) is 4. The maximum absolute atomic E-state index is 9.63. The number of rotatable bonds is 5. The van der Waals surface area contributed by atoms with Gasteiger partial charge in [-0.2, -0.15) is 0 Å². The Morgan fingerprint density at radius 2 is 1.94 bits per heavy atom. The van der Waals surface area contributed by atoms with Crippen molar-refractivity contribution in [1.82, 2.24) is 5.32 Å². The van der Waals surface area contributed by atoms with Crippen LogP contribution >= 0.6 is 0 Å². The van der Waals surface area contributed by atoms with E-state index in [0.717, 1.165) is 5.56 Å². The Bertz CT molecular complexity index is 341. The van der Waals surface area contributed by atoms with Gasteiger partial charge in [0.1, 0.15) is 11.5 Å². The molecule has 0 aliphatic carbocycles. The third-order valence-electron chi connectivity index (χ3n) is 2.56. The molecule has 1 aromatic carbocycles. The molecule has 0 fully saturated rings. The van der Waals surface area contributed by atoms with Gasteiger partial charge in [0.2, 0.25) is 0 Å². The minimum absolute atomic E-state index is 0.0189. The molecule has 0 amide bonds. The molecule has 16 heavy (non-hydrogen) atoms. The summed E-state index contributed by atoms with van der Waals surface area (Å²) in [5, 5.41) is 30.9. The van der Waals surface area contributed by atoms with Gasteiger partial charge in [0.25, 0.3) is 0 Å². The van der Waals surface area contributed by atoms with Crippen LogP contribution in [0.5, 0.6) is 11.5 Å². The van der Waals surface area contributed by atoms with Crippen LogP contribution in [0.25, 0.3) is 0 Å². The summed E-state index contributed by atoms with van der Waals surface area (Å²) in [4.78, 5) is 0. The van der Waals surface area contributed by atoms with Crippen molar-refractivity contribution >= 4 is 0 Å². The molecular formula is C12H19NO3. The monoisotopic (exact) mass is 225 g/mol. The number of benzene rings is 1. The molecule has 2 unspecified atom stereocenters. The van der Waals surface area contributed by atoms with E-state index in [4.69, 9.17) is 10.2 Å². The summed E-state index contributed by atoms with van der Waals surface area (Å²) in [6, 6.07) is 4.53. The number of aliphatic hydroxyl groups excluding tert-OH is 1. The van der Waals surface area contributed by atoms with Crippen molar-refractivity contribution in [2.45, 2.75) is 19.9 Å². The van der Waals surface area contributed by atoms with E-state index in [1.807, 2.05) is 13.8 Å². The van der Waals surface area contributed by atoms with Crippen molar-refractivity contribution < 1.29 is 15.3 Å². The lowest BCUT2D eigenvalue weighted by atomic mass is 10.1. The van der Waals surface area contributed by atoms with Crippen LogP contribution in [0.15, 0.2) is 18.2 Å². The van der Waals surface area contributed by atoms with Gasteiger partial charge in [-0.25, -0.2) is 0 Å². The summed E-state index contributed by atoms with van der Waals surface area (Å²) in [7, 11) is 0. The third-order valence-corrected chi connectivity index (χ3v) is 2.56. The van der Waals surface area contributed by atoms with Gasteiger partial charge in [0, 0.05) is 30.8 Å². The van der Waals surface area contributed by atoms with Crippen molar-refractivity contribution in [3.05, 3.63) is 23.8 Å². The predicted molar refractivity (Wildman–Crippen MR) is 62.4 cm³/mol. The second kappa shape index (κ2) is 5.72. The largest absolute Gasteiger partial charge is 0.508 e. The maximum Gasteiger partial charge on any atom is 0.124 e. The number of aromatic hydroxyl groups is 2. The van der Waals surface area contributed by atoms with E-state index >= 15 is 0 Å². The molecule has 0 aromatic heterocycles. The fraction of sp³-hybridized carbons (Fsp3) is 0.500. The second-order valence-corrected chi connectivity index (χ2v) is 4.16. The van der Waals surface area contributed by atoms with Crippen LogP contribution in [-0.4, -0.2) is 28.5 Å². The van der Waals surface area contributed by atoms with Crippen molar-refractivity contribution in [2.24, 2.45) is 5.92 Å². The highest BCUT2D eigenvalue weighted by Crippen LogP contribution is 2.27. The summed E-state index contributed by atoms with van der Waals surface area (Å²) in [6.07, 6.45) is 0. The van der Waals surface area contributed by atoms with Gasteiger partial charge < -0.3 is 20.6 Å². The Hall–Kier alpha value is -1.26. The lowest BCUT2D eigenvalue weighted by Gasteiger charge is -2.17. The van der Waals surface area contributed by atoms with Crippen molar-refractivity contribution in [3.8, 4) is 11.5 Å². The van der Waals surface area contributed by atoms with Crippen LogP contribution in [-0.2, 0) is 0 Å². The zero-order valence-corrected chi connectivity index (χ0v) is 9.64. The van der Waals surface area contributed by atoms with Crippen molar-refractivity contribution in [3.63, 3.8) is 0 Å². The van der Waals surface area contributed by atoms with Crippen molar-refractivity contribution in [1.29, 1.82) is 0 Å². The molecular weight excluding hydrogens is 206 g/mol. The van der Waals surface area contributed by atoms with Crippen molar-refractivity contribution in [2.75, 3.05) is 13.2 Å². The molecule has 1 aromatic rings. The van der Waals surface area contributed by atoms with Gasteiger partial charge >= 0.3 is 0 Å². The van der Waals surface area contributed by atoms with E-state index in [1.54, 1.807) is 12.1 Å². The summed E-state index contributed by atoms with van der Waals surface area (Å²) in [5.74, 6) is 0.315. The summed E-state index contributed by atoms with van der Waals surface area (Å²) in [5.41, 5.74) is 0.739. The SMILES string of the molecule is CC(CO)CNC(C)c1ccc(O)cc1O. The van der Waals surface area contributed by atoms with Gasteiger partial charge in [-0.15, -0.1) is 0 Å². The zero-order valence-electron chi connectivity index (χ0n) is 9.64. The van der Waals surface area contributed by atoms with Crippen LogP contribution in [0.4, 0.5) is 0 Å². The molecule has 0 spiro atoms. The minimum atomic E-state index is -0.0189. The molecule has 0 saturated heterocycles. The Labute approximate surface area is 95.6 Å². The fourth-order valence-corrected chi connectivity index (χ4v) is 1.45. The van der Waals surface area contributed by atoms with Gasteiger partial charge in [-0.1, -0.05) is 13.0 Å². The topological polar surface area (TPSA) is 72.7 Å². The standard InChI is InChI=1S/C12H19NO3/c1-8(7-14)6-13-9(2)11-4-3-10(15)5-12(11)16/h3-5,8-9,13-16H,6-7H2,1-2H3. The van der Waals surface area contributed by atoms with Gasteiger partial charge in [-0.05, 0) is 18.9 Å². The highest BCUT2D eigenvalue weighted by atomic mass is 16.3. The zero-order chi connectivity index (χ0) is 12.1. The van der Waals surface area contributed by atoms with Gasteiger partial charge in [-0.3, -0.25) is 0 Å². The first-order valence-corrected chi connectivity index (χ1v) is 5.40. The number of hydrogen-bond donors (Lipinski definition) is 4. The van der Waals surface area contributed by atoms with E-state index in [9.17, 15) is 5.11 Å². The molecule has 90 valence electrons. The quantitative estimate of drug-likeness (QED) is 0.611. The summed E-state index contributed by atoms with van der Waals surface area (Å²) in [6.45, 7) is 4.69. The molecule has 0 aliphatic rings. The highest BCUT2D eigenvalue weighted by molar-refractivity contribution is 5.40. The molecule has 0 radical (unpaired) electrons. The first-order chi connectivity index (χ1) is 7.54. The lowest BCUT2D eigenvalue weighted by Crippen LogP contribution is -2.26.